The lowest BCUT2D eigenvalue weighted by Crippen LogP contribution is -2.09. The molecule has 28 heavy (non-hydrogen) atoms. The third-order valence-electron chi connectivity index (χ3n) is 5.00. The molecule has 1 aliphatic heterocycles. The molecule has 0 aliphatic carbocycles. The van der Waals surface area contributed by atoms with Crippen molar-refractivity contribution in [3.8, 4) is 0 Å². The molecule has 0 aromatic carbocycles. The van der Waals surface area contributed by atoms with Gasteiger partial charge in [-0.3, -0.25) is 0 Å². The minimum atomic E-state index is 0.347. The monoisotopic (exact) mass is 385 g/mol. The summed E-state index contributed by atoms with van der Waals surface area (Å²) in [6.45, 7) is 16.3. The van der Waals surface area contributed by atoms with E-state index in [1.54, 1.807) is 0 Å². The van der Waals surface area contributed by atoms with Crippen molar-refractivity contribution < 1.29 is 4.74 Å². The maximum atomic E-state index is 5.73. The molecule has 0 fully saturated rings. The molecule has 1 heterocycles. The first-order valence-corrected chi connectivity index (χ1v) is 11.1. The maximum absolute atomic E-state index is 5.73. The van der Waals surface area contributed by atoms with Gasteiger partial charge in [-0.25, -0.2) is 4.99 Å². The summed E-state index contributed by atoms with van der Waals surface area (Å²) in [6, 6.07) is 0.347. The van der Waals surface area contributed by atoms with Crippen molar-refractivity contribution in [2.75, 3.05) is 6.61 Å². The lowest BCUT2D eigenvalue weighted by Gasteiger charge is -2.06. The second-order valence-electron chi connectivity index (χ2n) is 9.05. The van der Waals surface area contributed by atoms with E-state index >= 15 is 0 Å². The molecule has 0 radical (unpaired) electrons. The molecule has 0 spiro atoms. The Balaban J connectivity index is 2.31. The molecule has 0 N–H and O–H groups in total. The molecule has 0 aromatic rings. The highest BCUT2D eigenvalue weighted by molar-refractivity contribution is 5.89. The highest BCUT2D eigenvalue weighted by Gasteiger charge is 2.18. The minimum Gasteiger partial charge on any atom is -0.476 e. The lowest BCUT2D eigenvalue weighted by atomic mass is 10.0. The van der Waals surface area contributed by atoms with Crippen molar-refractivity contribution in [3.05, 3.63) is 46.6 Å². The van der Waals surface area contributed by atoms with E-state index in [4.69, 9.17) is 9.73 Å². The molecule has 0 saturated carbocycles. The molecular formula is C26H43NO. The summed E-state index contributed by atoms with van der Waals surface area (Å²) in [6.07, 6.45) is 17.2. The Bertz CT molecular complexity index is 612. The number of ether oxygens (including phenoxy) is 1. The van der Waals surface area contributed by atoms with Crippen molar-refractivity contribution in [3.63, 3.8) is 0 Å². The van der Waals surface area contributed by atoms with Crippen molar-refractivity contribution in [1.82, 2.24) is 0 Å². The van der Waals surface area contributed by atoms with Crippen LogP contribution in [0.1, 0.15) is 93.4 Å². The van der Waals surface area contributed by atoms with Gasteiger partial charge in [-0.2, -0.15) is 0 Å². The van der Waals surface area contributed by atoms with Crippen molar-refractivity contribution in [2.45, 2.75) is 99.5 Å². The van der Waals surface area contributed by atoms with Gasteiger partial charge >= 0.3 is 0 Å². The summed E-state index contributed by atoms with van der Waals surface area (Å²) < 4.78 is 5.73. The number of hydrogen-bond acceptors (Lipinski definition) is 2. The minimum absolute atomic E-state index is 0.347. The highest BCUT2D eigenvalue weighted by atomic mass is 16.5. The molecule has 0 aromatic heterocycles. The molecular weight excluding hydrogens is 342 g/mol. The van der Waals surface area contributed by atoms with E-state index in [0.717, 1.165) is 44.6 Å². The van der Waals surface area contributed by atoms with E-state index in [0.29, 0.717) is 12.0 Å². The second-order valence-corrected chi connectivity index (χ2v) is 9.05. The molecule has 0 saturated heterocycles. The molecule has 158 valence electrons. The third-order valence-corrected chi connectivity index (χ3v) is 5.00. The average molecular weight is 386 g/mol. The van der Waals surface area contributed by atoms with Crippen LogP contribution in [0.5, 0.6) is 0 Å². The first kappa shape index (κ1) is 24.5. The summed E-state index contributed by atoms with van der Waals surface area (Å²) in [5, 5.41) is 0. The first-order valence-electron chi connectivity index (χ1n) is 11.1. The van der Waals surface area contributed by atoms with Gasteiger partial charge in [0.1, 0.15) is 6.61 Å². The Kier molecular flexibility index (Phi) is 11.9. The predicted molar refractivity (Wildman–Crippen MR) is 125 cm³/mol. The van der Waals surface area contributed by atoms with E-state index in [1.807, 2.05) is 0 Å². The van der Waals surface area contributed by atoms with Gasteiger partial charge in [-0.05, 0) is 91.6 Å². The number of rotatable bonds is 12. The number of aliphatic imine (C=N–C) groups is 1. The predicted octanol–water partition coefficient (Wildman–Crippen LogP) is 7.98. The summed E-state index contributed by atoms with van der Waals surface area (Å²) in [7, 11) is 0. The molecule has 0 amide bonds. The fourth-order valence-electron chi connectivity index (χ4n) is 3.35. The molecule has 0 unspecified atom stereocenters. The Morgan fingerprint density at radius 1 is 0.893 bits per heavy atom. The zero-order valence-electron chi connectivity index (χ0n) is 19.5. The summed E-state index contributed by atoms with van der Waals surface area (Å²) in [4.78, 5) is 4.69. The molecule has 1 aliphatic rings. The zero-order valence-corrected chi connectivity index (χ0v) is 19.5. The van der Waals surface area contributed by atoms with Crippen LogP contribution < -0.4 is 0 Å². The van der Waals surface area contributed by atoms with E-state index < -0.39 is 0 Å². The van der Waals surface area contributed by atoms with Gasteiger partial charge in [0.25, 0.3) is 0 Å². The van der Waals surface area contributed by atoms with Gasteiger partial charge < -0.3 is 4.74 Å². The molecule has 2 nitrogen and oxygen atoms in total. The van der Waals surface area contributed by atoms with Crippen molar-refractivity contribution in [2.24, 2.45) is 10.9 Å². The number of nitrogens with zero attached hydrogens (tertiary/aromatic N) is 1. The second kappa shape index (κ2) is 13.6. The summed E-state index contributed by atoms with van der Waals surface area (Å²) in [5.41, 5.74) is 5.77. The third kappa shape index (κ3) is 12.0. The molecule has 1 rings (SSSR count). The largest absolute Gasteiger partial charge is 0.476 e. The van der Waals surface area contributed by atoms with E-state index in [1.165, 1.54) is 35.1 Å². The van der Waals surface area contributed by atoms with E-state index in [2.05, 4.69) is 72.8 Å². The van der Waals surface area contributed by atoms with Gasteiger partial charge in [-0.1, -0.05) is 54.4 Å². The van der Waals surface area contributed by atoms with Crippen LogP contribution in [-0.4, -0.2) is 18.5 Å². The Morgan fingerprint density at radius 2 is 1.43 bits per heavy atom. The van der Waals surface area contributed by atoms with Crippen molar-refractivity contribution in [1.29, 1.82) is 0 Å². The Labute approximate surface area is 174 Å². The normalized spacial score (nSPS) is 18.4. The van der Waals surface area contributed by atoms with Gasteiger partial charge in [0, 0.05) is 0 Å². The molecule has 2 heteroatoms. The first-order chi connectivity index (χ1) is 13.3. The zero-order chi connectivity index (χ0) is 20.9. The lowest BCUT2D eigenvalue weighted by molar-refractivity contribution is 0.302. The molecule has 0 bridgehead atoms. The van der Waals surface area contributed by atoms with Crippen LogP contribution in [0.2, 0.25) is 0 Å². The van der Waals surface area contributed by atoms with E-state index in [9.17, 15) is 0 Å². The van der Waals surface area contributed by atoms with Crippen LogP contribution in [0.15, 0.2) is 51.6 Å². The summed E-state index contributed by atoms with van der Waals surface area (Å²) >= 11 is 0. The summed E-state index contributed by atoms with van der Waals surface area (Å²) in [5.74, 6) is 1.50. The van der Waals surface area contributed by atoms with Crippen LogP contribution in [0.3, 0.4) is 0 Å². The highest BCUT2D eigenvalue weighted by Crippen LogP contribution is 2.17. The van der Waals surface area contributed by atoms with Gasteiger partial charge in [0.2, 0.25) is 5.90 Å². The van der Waals surface area contributed by atoms with Crippen LogP contribution in [-0.2, 0) is 4.74 Å². The van der Waals surface area contributed by atoms with E-state index in [-0.39, 0.29) is 0 Å². The van der Waals surface area contributed by atoms with Crippen LogP contribution >= 0.6 is 0 Å². The smallest absolute Gasteiger partial charge is 0.208 e. The standard InChI is InChI=1S/C26H43NO/c1-20(2)11-8-12-22(5)13-9-14-23(6)15-10-16-24(7)18-26-27-25(19-28-26)17-21(3)4/h11,13,15,18,21,25H,8-10,12,14,16-17,19H2,1-7H3/t25-/m1/s1. The van der Waals surface area contributed by atoms with Crippen molar-refractivity contribution >= 4 is 5.90 Å². The quantitative estimate of drug-likeness (QED) is 0.312. The Hall–Kier alpha value is -1.57. The van der Waals surface area contributed by atoms with Gasteiger partial charge in [0.15, 0.2) is 0 Å². The Morgan fingerprint density at radius 3 is 1.96 bits per heavy atom. The van der Waals surface area contributed by atoms with Crippen LogP contribution in [0, 0.1) is 5.92 Å². The SMILES string of the molecule is CC(C)=CCCC(C)=CCCC(C)=CCCC(C)=CC1=N[C@H](CC(C)C)CO1. The fraction of sp³-hybridized carbons (Fsp3) is 0.654. The topological polar surface area (TPSA) is 21.6 Å². The van der Waals surface area contributed by atoms with Crippen LogP contribution in [0.25, 0.3) is 0 Å². The average Bonchev–Trinajstić information content (AvgIpc) is 3.00. The number of allylic oxidation sites excluding steroid dienone is 7. The fourth-order valence-corrected chi connectivity index (χ4v) is 3.35. The molecule has 1 atom stereocenters. The van der Waals surface area contributed by atoms with Crippen LogP contribution in [0.4, 0.5) is 0 Å². The maximum Gasteiger partial charge on any atom is 0.208 e. The van der Waals surface area contributed by atoms with Gasteiger partial charge in [0.05, 0.1) is 6.04 Å². The number of hydrogen-bond donors (Lipinski definition) is 0. The van der Waals surface area contributed by atoms with Gasteiger partial charge in [-0.15, -0.1) is 0 Å².